The fourth-order valence-corrected chi connectivity index (χ4v) is 2.82. The quantitative estimate of drug-likeness (QED) is 0.644. The van der Waals surface area contributed by atoms with Gasteiger partial charge in [0.15, 0.2) is 0 Å². The average molecular weight is 207 g/mol. The molecule has 0 amide bonds. The third kappa shape index (κ3) is 0.909. The Morgan fingerprint density at radius 1 is 1.25 bits per heavy atom. The van der Waals surface area contributed by atoms with Gasteiger partial charge >= 0.3 is 0 Å². The van der Waals surface area contributed by atoms with Gasteiger partial charge in [-0.15, -0.1) is 0 Å². The van der Waals surface area contributed by atoms with Gasteiger partial charge in [-0.25, -0.2) is 0 Å². The van der Waals surface area contributed by atoms with Crippen molar-refractivity contribution in [3.8, 4) is 0 Å². The van der Waals surface area contributed by atoms with Crippen LogP contribution in [0.4, 0.5) is 0 Å². The van der Waals surface area contributed by atoms with Gasteiger partial charge < -0.3 is 5.32 Å². The third-order valence-corrected chi connectivity index (χ3v) is 3.92. The minimum atomic E-state index is 0.450. The van der Waals surface area contributed by atoms with Crippen LogP contribution in [0, 0.1) is 0 Å². The SMILES string of the molecule is C=C1/C2=C\C3=CC4=C3/C(=C\C=C/NC1C2)C4. The number of nitrogens with one attached hydrogen (secondary N) is 1. The van der Waals surface area contributed by atoms with Gasteiger partial charge in [0.1, 0.15) is 0 Å². The molecule has 3 aliphatic carbocycles. The highest BCUT2D eigenvalue weighted by atomic mass is 14.9. The molecule has 1 fully saturated rings. The second-order valence-corrected chi connectivity index (χ2v) is 4.85. The first kappa shape index (κ1) is 8.40. The fourth-order valence-electron chi connectivity index (χ4n) is 2.82. The Labute approximate surface area is 95.2 Å². The topological polar surface area (TPSA) is 12.0 Å². The number of hydrogen-bond donors (Lipinski definition) is 1. The van der Waals surface area contributed by atoms with Gasteiger partial charge in [0.25, 0.3) is 0 Å². The van der Waals surface area contributed by atoms with Crippen molar-refractivity contribution in [2.24, 2.45) is 0 Å². The first-order valence-corrected chi connectivity index (χ1v) is 5.80. The first-order valence-electron chi connectivity index (χ1n) is 5.80. The molecular weight excluding hydrogens is 194 g/mol. The highest BCUT2D eigenvalue weighted by Crippen LogP contribution is 2.49. The summed E-state index contributed by atoms with van der Waals surface area (Å²) in [6, 6.07) is 0.450. The van der Waals surface area contributed by atoms with Crippen LogP contribution in [-0.2, 0) is 0 Å². The maximum absolute atomic E-state index is 4.14. The molecular formula is C15H13N. The summed E-state index contributed by atoms with van der Waals surface area (Å²) < 4.78 is 0. The van der Waals surface area contributed by atoms with E-state index in [0.29, 0.717) is 6.04 Å². The van der Waals surface area contributed by atoms with Crippen LogP contribution < -0.4 is 5.32 Å². The molecule has 5 aliphatic rings. The summed E-state index contributed by atoms with van der Waals surface area (Å²) in [6.07, 6.45) is 13.3. The Morgan fingerprint density at radius 3 is 3.00 bits per heavy atom. The van der Waals surface area contributed by atoms with E-state index in [4.69, 9.17) is 0 Å². The minimum Gasteiger partial charge on any atom is -0.384 e. The third-order valence-electron chi connectivity index (χ3n) is 3.92. The van der Waals surface area contributed by atoms with Crippen molar-refractivity contribution >= 4 is 0 Å². The van der Waals surface area contributed by atoms with Crippen molar-refractivity contribution in [1.82, 2.24) is 5.32 Å². The Kier molecular flexibility index (Phi) is 1.40. The zero-order valence-corrected chi connectivity index (χ0v) is 9.09. The normalized spacial score (nSPS) is 37.9. The Balaban J connectivity index is 1.77. The Hall–Kier alpha value is -1.76. The van der Waals surface area contributed by atoms with Crippen molar-refractivity contribution in [1.29, 1.82) is 0 Å². The molecule has 1 unspecified atom stereocenters. The molecule has 0 aromatic rings. The number of rotatable bonds is 0. The second kappa shape index (κ2) is 2.67. The van der Waals surface area contributed by atoms with Crippen LogP contribution in [0.25, 0.3) is 0 Å². The zero-order chi connectivity index (χ0) is 10.7. The van der Waals surface area contributed by atoms with E-state index in [1.807, 2.05) is 6.20 Å². The van der Waals surface area contributed by atoms with Crippen molar-refractivity contribution in [2.45, 2.75) is 18.9 Å². The number of allylic oxidation sites excluding steroid dienone is 8. The van der Waals surface area contributed by atoms with E-state index in [2.05, 4.69) is 36.2 Å². The molecule has 0 spiro atoms. The molecule has 2 aliphatic heterocycles. The molecule has 1 nitrogen and oxygen atoms in total. The number of hydrogen-bond acceptors (Lipinski definition) is 1. The van der Waals surface area contributed by atoms with Crippen LogP contribution in [0.3, 0.4) is 0 Å². The molecule has 1 saturated carbocycles. The summed E-state index contributed by atoms with van der Waals surface area (Å²) >= 11 is 0. The Morgan fingerprint density at radius 2 is 2.19 bits per heavy atom. The van der Waals surface area contributed by atoms with E-state index in [0.717, 1.165) is 12.8 Å². The van der Waals surface area contributed by atoms with E-state index in [9.17, 15) is 0 Å². The minimum absolute atomic E-state index is 0.450. The van der Waals surface area contributed by atoms with Crippen LogP contribution >= 0.6 is 0 Å². The fraction of sp³-hybridized carbons (Fsp3) is 0.200. The number of fused-ring (bicyclic) bond motifs is 2. The second-order valence-electron chi connectivity index (χ2n) is 4.85. The lowest BCUT2D eigenvalue weighted by atomic mass is 9.68. The lowest BCUT2D eigenvalue weighted by Gasteiger charge is -2.37. The molecule has 78 valence electrons. The maximum atomic E-state index is 4.14. The van der Waals surface area contributed by atoms with Gasteiger partial charge in [-0.3, -0.25) is 0 Å². The van der Waals surface area contributed by atoms with Crippen molar-refractivity contribution < 1.29 is 0 Å². The molecule has 5 rings (SSSR count). The van der Waals surface area contributed by atoms with Gasteiger partial charge in [-0.05, 0) is 58.6 Å². The summed E-state index contributed by atoms with van der Waals surface area (Å²) in [5.41, 5.74) is 8.58. The van der Waals surface area contributed by atoms with E-state index in [-0.39, 0.29) is 0 Å². The van der Waals surface area contributed by atoms with Crippen LogP contribution in [-0.4, -0.2) is 6.04 Å². The lowest BCUT2D eigenvalue weighted by molar-refractivity contribution is 0.593. The van der Waals surface area contributed by atoms with Crippen LogP contribution in [0.2, 0.25) is 0 Å². The molecule has 0 saturated heterocycles. The Bertz CT molecular complexity index is 564. The smallest absolute Gasteiger partial charge is 0.0545 e. The average Bonchev–Trinajstić information content (AvgIpc) is 2.28. The predicted octanol–water partition coefficient (Wildman–Crippen LogP) is 2.92. The largest absolute Gasteiger partial charge is 0.384 e. The highest BCUT2D eigenvalue weighted by molar-refractivity contribution is 5.75. The summed E-state index contributed by atoms with van der Waals surface area (Å²) in [4.78, 5) is 0. The zero-order valence-electron chi connectivity index (χ0n) is 9.09. The highest BCUT2D eigenvalue weighted by Gasteiger charge is 2.33. The molecule has 2 heterocycles. The summed E-state index contributed by atoms with van der Waals surface area (Å²) in [5, 5.41) is 3.38. The molecule has 0 aromatic heterocycles. The van der Waals surface area contributed by atoms with Gasteiger partial charge in [0.2, 0.25) is 0 Å². The van der Waals surface area contributed by atoms with Crippen LogP contribution in [0.5, 0.6) is 0 Å². The molecule has 1 N–H and O–H groups in total. The van der Waals surface area contributed by atoms with Crippen molar-refractivity contribution in [2.75, 3.05) is 0 Å². The molecule has 16 heavy (non-hydrogen) atoms. The van der Waals surface area contributed by atoms with E-state index >= 15 is 0 Å². The van der Waals surface area contributed by atoms with Crippen molar-refractivity contribution in [3.05, 3.63) is 70.5 Å². The van der Waals surface area contributed by atoms with Gasteiger partial charge in [-0.1, -0.05) is 24.8 Å². The summed E-state index contributed by atoms with van der Waals surface area (Å²) in [6.45, 7) is 4.14. The maximum Gasteiger partial charge on any atom is 0.0545 e. The van der Waals surface area contributed by atoms with E-state index in [1.165, 1.54) is 33.4 Å². The molecule has 1 atom stereocenters. The van der Waals surface area contributed by atoms with E-state index in [1.54, 1.807) is 0 Å². The lowest BCUT2D eigenvalue weighted by Crippen LogP contribution is -2.36. The monoisotopic (exact) mass is 207 g/mol. The van der Waals surface area contributed by atoms with Crippen LogP contribution in [0.15, 0.2) is 70.5 Å². The predicted molar refractivity (Wildman–Crippen MR) is 65.7 cm³/mol. The molecule has 0 radical (unpaired) electrons. The molecule has 0 aromatic carbocycles. The van der Waals surface area contributed by atoms with Crippen LogP contribution in [0.1, 0.15) is 12.8 Å². The molecule has 1 heteroatoms. The molecule has 2 bridgehead atoms. The summed E-state index contributed by atoms with van der Waals surface area (Å²) in [5.74, 6) is 0. The van der Waals surface area contributed by atoms with Gasteiger partial charge in [0.05, 0.1) is 6.04 Å². The first-order chi connectivity index (χ1) is 7.83. The summed E-state index contributed by atoms with van der Waals surface area (Å²) in [7, 11) is 0. The van der Waals surface area contributed by atoms with Gasteiger partial charge in [-0.2, -0.15) is 0 Å². The van der Waals surface area contributed by atoms with Crippen molar-refractivity contribution in [3.63, 3.8) is 0 Å². The standard InChI is InChI=1S/C15H13N/c1-9-11-6-13-7-12-5-10(15(12)13)3-2-4-16-14(9)8-11/h2-4,6-7,14,16H,1,5,8H2/b4-2-,10-3-,11-6-. The van der Waals surface area contributed by atoms with Gasteiger partial charge in [0, 0.05) is 0 Å². The van der Waals surface area contributed by atoms with E-state index < -0.39 is 0 Å².